The highest BCUT2D eigenvalue weighted by molar-refractivity contribution is 6.09. The van der Waals surface area contributed by atoms with Crippen LogP contribution in [0.15, 0.2) is 24.3 Å². The molecule has 1 aromatic rings. The van der Waals surface area contributed by atoms with Crippen LogP contribution in [0.3, 0.4) is 0 Å². The molecule has 1 aromatic carbocycles. The van der Waals surface area contributed by atoms with E-state index < -0.39 is 23.3 Å². The maximum Gasteiger partial charge on any atom is 0.325 e. The van der Waals surface area contributed by atoms with Crippen molar-refractivity contribution in [1.29, 1.82) is 0 Å². The summed E-state index contributed by atoms with van der Waals surface area (Å²) in [5, 5.41) is 5.78. The van der Waals surface area contributed by atoms with Gasteiger partial charge in [-0.1, -0.05) is 51.7 Å². The molecule has 1 saturated heterocycles. The van der Waals surface area contributed by atoms with E-state index in [9.17, 15) is 18.8 Å². The molecule has 2 fully saturated rings. The topological polar surface area (TPSA) is 78.5 Å². The zero-order chi connectivity index (χ0) is 21.0. The lowest BCUT2D eigenvalue weighted by Crippen LogP contribution is -2.48. The van der Waals surface area contributed by atoms with Gasteiger partial charge in [0.1, 0.15) is 17.9 Å². The van der Waals surface area contributed by atoms with Crippen LogP contribution in [0.4, 0.5) is 9.18 Å². The van der Waals surface area contributed by atoms with Crippen LogP contribution >= 0.6 is 0 Å². The minimum absolute atomic E-state index is 0.0824. The molecule has 1 heterocycles. The number of hydrogen-bond acceptors (Lipinski definition) is 3. The Labute approximate surface area is 171 Å². The van der Waals surface area contributed by atoms with Crippen molar-refractivity contribution in [3.8, 4) is 0 Å². The molecule has 0 radical (unpaired) electrons. The molecule has 1 saturated carbocycles. The molecule has 0 unspecified atom stereocenters. The minimum atomic E-state index is -1.25. The van der Waals surface area contributed by atoms with Crippen LogP contribution in [0, 0.1) is 11.7 Å². The lowest BCUT2D eigenvalue weighted by Gasteiger charge is -2.30. The van der Waals surface area contributed by atoms with Gasteiger partial charge in [0, 0.05) is 6.04 Å². The molecule has 1 aliphatic heterocycles. The molecule has 3 rings (SSSR count). The Hall–Kier alpha value is -2.44. The third kappa shape index (κ3) is 4.43. The second-order valence-corrected chi connectivity index (χ2v) is 8.27. The molecule has 0 bridgehead atoms. The molecule has 6 nitrogen and oxygen atoms in total. The van der Waals surface area contributed by atoms with Crippen LogP contribution in [-0.4, -0.2) is 35.3 Å². The Morgan fingerprint density at radius 2 is 1.93 bits per heavy atom. The average Bonchev–Trinajstić information content (AvgIpc) is 2.94. The fourth-order valence-electron chi connectivity index (χ4n) is 4.38. The van der Waals surface area contributed by atoms with E-state index in [0.29, 0.717) is 24.3 Å². The first-order valence-electron chi connectivity index (χ1n) is 10.6. The maximum atomic E-state index is 13.4. The Morgan fingerprint density at radius 1 is 1.24 bits per heavy atom. The van der Waals surface area contributed by atoms with Crippen molar-refractivity contribution in [1.82, 2.24) is 15.5 Å². The lowest BCUT2D eigenvalue weighted by atomic mass is 9.84. The molecule has 2 N–H and O–H groups in total. The molecular formula is C22H30FN3O3. The smallest absolute Gasteiger partial charge is 0.325 e. The Bertz CT molecular complexity index is 767. The van der Waals surface area contributed by atoms with E-state index in [4.69, 9.17) is 0 Å². The summed E-state index contributed by atoms with van der Waals surface area (Å²) >= 11 is 0. The summed E-state index contributed by atoms with van der Waals surface area (Å²) < 4.78 is 13.4. The molecule has 29 heavy (non-hydrogen) atoms. The standard InChI is InChI=1S/C22H30FN3O3/c1-3-4-13-22(16-9-11-17(23)12-10-16)20(28)26(21(29)25-22)14-19(27)24-18-8-6-5-7-15(18)2/h9-12,15,18H,3-8,13-14H2,1-2H3,(H,24,27)(H,25,29)/t15-,18-,22-/m0/s1. The summed E-state index contributed by atoms with van der Waals surface area (Å²) in [6.45, 7) is 3.81. The molecule has 0 aromatic heterocycles. The fraction of sp³-hybridized carbons (Fsp3) is 0.591. The highest BCUT2D eigenvalue weighted by Crippen LogP contribution is 2.34. The predicted octanol–water partition coefficient (Wildman–Crippen LogP) is 3.46. The van der Waals surface area contributed by atoms with Crippen molar-refractivity contribution in [2.24, 2.45) is 5.92 Å². The van der Waals surface area contributed by atoms with Gasteiger partial charge in [0.2, 0.25) is 5.91 Å². The van der Waals surface area contributed by atoms with E-state index in [2.05, 4.69) is 17.6 Å². The molecule has 158 valence electrons. The summed E-state index contributed by atoms with van der Waals surface area (Å²) in [4.78, 5) is 39.5. The summed E-state index contributed by atoms with van der Waals surface area (Å²) in [5.41, 5.74) is -0.714. The molecule has 1 aliphatic carbocycles. The van der Waals surface area contributed by atoms with Gasteiger partial charge in [0.15, 0.2) is 0 Å². The van der Waals surface area contributed by atoms with Crippen LogP contribution in [0.1, 0.15) is 64.4 Å². The zero-order valence-corrected chi connectivity index (χ0v) is 17.2. The van der Waals surface area contributed by atoms with Crippen molar-refractivity contribution in [3.05, 3.63) is 35.6 Å². The number of hydrogen-bond donors (Lipinski definition) is 2. The zero-order valence-electron chi connectivity index (χ0n) is 17.2. The maximum absolute atomic E-state index is 13.4. The Balaban J connectivity index is 1.76. The van der Waals surface area contributed by atoms with Gasteiger partial charge in [-0.05, 0) is 42.9 Å². The fourth-order valence-corrected chi connectivity index (χ4v) is 4.38. The minimum Gasteiger partial charge on any atom is -0.352 e. The van der Waals surface area contributed by atoms with Crippen LogP contribution in [0.2, 0.25) is 0 Å². The van der Waals surface area contributed by atoms with E-state index in [1.54, 1.807) is 0 Å². The normalized spacial score (nSPS) is 27.1. The van der Waals surface area contributed by atoms with Gasteiger partial charge in [-0.3, -0.25) is 14.5 Å². The number of nitrogens with one attached hydrogen (secondary N) is 2. The van der Waals surface area contributed by atoms with E-state index in [-0.39, 0.29) is 18.5 Å². The lowest BCUT2D eigenvalue weighted by molar-refractivity contribution is -0.135. The van der Waals surface area contributed by atoms with Crippen molar-refractivity contribution in [2.75, 3.05) is 6.54 Å². The van der Waals surface area contributed by atoms with Gasteiger partial charge in [0.25, 0.3) is 5.91 Å². The number of carbonyl (C=O) groups excluding carboxylic acids is 3. The highest BCUT2D eigenvalue weighted by Gasteiger charge is 2.52. The van der Waals surface area contributed by atoms with E-state index >= 15 is 0 Å². The van der Waals surface area contributed by atoms with Gasteiger partial charge >= 0.3 is 6.03 Å². The van der Waals surface area contributed by atoms with Gasteiger partial charge < -0.3 is 10.6 Å². The number of benzene rings is 1. The molecule has 2 aliphatic rings. The molecular weight excluding hydrogens is 373 g/mol. The second-order valence-electron chi connectivity index (χ2n) is 8.27. The largest absolute Gasteiger partial charge is 0.352 e. The van der Waals surface area contributed by atoms with Crippen LogP contribution in [0.25, 0.3) is 0 Å². The number of halogens is 1. The van der Waals surface area contributed by atoms with Crippen LogP contribution in [0.5, 0.6) is 0 Å². The second kappa shape index (κ2) is 8.93. The monoisotopic (exact) mass is 403 g/mol. The van der Waals surface area contributed by atoms with Crippen molar-refractivity contribution < 1.29 is 18.8 Å². The number of carbonyl (C=O) groups is 3. The van der Waals surface area contributed by atoms with Gasteiger partial charge in [-0.25, -0.2) is 9.18 Å². The van der Waals surface area contributed by atoms with Crippen LogP contribution in [-0.2, 0) is 15.1 Å². The number of nitrogens with zero attached hydrogens (tertiary/aromatic N) is 1. The third-order valence-electron chi connectivity index (χ3n) is 6.18. The van der Waals surface area contributed by atoms with E-state index in [1.807, 2.05) is 6.92 Å². The number of rotatable bonds is 7. The summed E-state index contributed by atoms with van der Waals surface area (Å²) in [5.74, 6) is -0.792. The molecule has 0 spiro atoms. The Kier molecular flexibility index (Phi) is 6.55. The number of imide groups is 1. The highest BCUT2D eigenvalue weighted by atomic mass is 19.1. The first-order valence-corrected chi connectivity index (χ1v) is 10.6. The van der Waals surface area contributed by atoms with E-state index in [0.717, 1.165) is 37.0 Å². The first kappa shape index (κ1) is 21.3. The van der Waals surface area contributed by atoms with Crippen molar-refractivity contribution in [3.63, 3.8) is 0 Å². The first-order chi connectivity index (χ1) is 13.9. The van der Waals surface area contributed by atoms with Gasteiger partial charge in [-0.15, -0.1) is 0 Å². The molecule has 3 atom stereocenters. The SMILES string of the molecule is CCCC[C@@]1(c2ccc(F)cc2)NC(=O)N(CC(=O)N[C@H]2CCCC[C@@H]2C)C1=O. The van der Waals surface area contributed by atoms with Gasteiger partial charge in [-0.2, -0.15) is 0 Å². The van der Waals surface area contributed by atoms with Crippen molar-refractivity contribution >= 4 is 17.8 Å². The van der Waals surface area contributed by atoms with Gasteiger partial charge in [0.05, 0.1) is 0 Å². The predicted molar refractivity (Wildman–Crippen MR) is 107 cm³/mol. The Morgan fingerprint density at radius 3 is 2.59 bits per heavy atom. The van der Waals surface area contributed by atoms with Crippen LogP contribution < -0.4 is 10.6 Å². The number of urea groups is 1. The molecule has 7 heteroatoms. The third-order valence-corrected chi connectivity index (χ3v) is 6.18. The summed E-state index contributed by atoms with van der Waals surface area (Å²) in [7, 11) is 0. The average molecular weight is 403 g/mol. The number of unbranched alkanes of at least 4 members (excludes halogenated alkanes) is 1. The van der Waals surface area contributed by atoms with Crippen molar-refractivity contribution in [2.45, 2.75) is 70.4 Å². The summed E-state index contributed by atoms with van der Waals surface area (Å²) in [6, 6.07) is 5.11. The quantitative estimate of drug-likeness (QED) is 0.685. The molecule has 4 amide bonds. The summed E-state index contributed by atoms with van der Waals surface area (Å²) in [6.07, 6.45) is 6.18. The number of amides is 4. The van der Waals surface area contributed by atoms with E-state index in [1.165, 1.54) is 24.3 Å².